The fourth-order valence-electron chi connectivity index (χ4n) is 2.92. The van der Waals surface area contributed by atoms with Crippen molar-refractivity contribution in [3.63, 3.8) is 0 Å². The molecular formula is C23H23O3P. The largest absolute Gasteiger partial charge is 0.401 e. The molecule has 0 heterocycles. The lowest BCUT2D eigenvalue weighted by Gasteiger charge is -2.19. The van der Waals surface area contributed by atoms with Gasteiger partial charge in [-0.3, -0.25) is 4.57 Å². The molecule has 0 aromatic heterocycles. The van der Waals surface area contributed by atoms with Gasteiger partial charge in [0.1, 0.15) is 0 Å². The van der Waals surface area contributed by atoms with Crippen LogP contribution in [0.2, 0.25) is 0 Å². The molecule has 0 radical (unpaired) electrons. The molecule has 0 atom stereocenters. The number of carbonyl (C=O) groups is 1. The minimum atomic E-state index is -3.53. The fraction of sp³-hybridized carbons (Fsp3) is 0.174. The predicted molar refractivity (Wildman–Crippen MR) is 110 cm³/mol. The molecule has 27 heavy (non-hydrogen) atoms. The minimum absolute atomic E-state index is 0.398. The van der Waals surface area contributed by atoms with E-state index in [1.807, 2.05) is 24.3 Å². The van der Waals surface area contributed by atoms with Gasteiger partial charge in [-0.2, -0.15) is 0 Å². The lowest BCUT2D eigenvalue weighted by Crippen LogP contribution is -2.20. The molecule has 4 heteroatoms. The van der Waals surface area contributed by atoms with Crippen LogP contribution in [0.15, 0.2) is 84.9 Å². The highest BCUT2D eigenvalue weighted by Gasteiger charge is 2.32. The van der Waals surface area contributed by atoms with Crippen LogP contribution >= 0.6 is 7.37 Å². The monoisotopic (exact) mass is 378 g/mol. The van der Waals surface area contributed by atoms with E-state index in [0.29, 0.717) is 22.1 Å². The number of rotatable bonds is 6. The Hall–Kier alpha value is -2.64. The first-order valence-electron chi connectivity index (χ1n) is 9.03. The van der Waals surface area contributed by atoms with Crippen LogP contribution in [-0.4, -0.2) is 5.97 Å². The van der Waals surface area contributed by atoms with Gasteiger partial charge in [-0.05, 0) is 54.3 Å². The van der Waals surface area contributed by atoms with Crippen molar-refractivity contribution in [1.82, 2.24) is 0 Å². The Morgan fingerprint density at radius 3 is 1.74 bits per heavy atom. The smallest absolute Gasteiger partial charge is 0.343 e. The zero-order chi connectivity index (χ0) is 19.3. The quantitative estimate of drug-likeness (QED) is 0.569. The van der Waals surface area contributed by atoms with Crippen molar-refractivity contribution in [2.75, 3.05) is 0 Å². The molecule has 0 aliphatic rings. The van der Waals surface area contributed by atoms with Crippen LogP contribution in [-0.2, 0) is 15.5 Å². The van der Waals surface area contributed by atoms with Crippen molar-refractivity contribution >= 4 is 23.9 Å². The number of hydrogen-bond donors (Lipinski definition) is 0. The Balaban J connectivity index is 1.91. The van der Waals surface area contributed by atoms with Gasteiger partial charge < -0.3 is 4.52 Å². The summed E-state index contributed by atoms with van der Waals surface area (Å²) in [5.74, 6) is -0.0404. The Morgan fingerprint density at radius 1 is 0.815 bits per heavy atom. The molecule has 0 bridgehead atoms. The highest BCUT2D eigenvalue weighted by Crippen LogP contribution is 2.45. The fourth-order valence-corrected chi connectivity index (χ4v) is 4.90. The first-order chi connectivity index (χ1) is 13.0. The predicted octanol–water partition coefficient (Wildman–Crippen LogP) is 4.97. The third kappa shape index (κ3) is 4.56. The molecule has 0 aliphatic carbocycles. The molecule has 3 aromatic carbocycles. The van der Waals surface area contributed by atoms with Crippen molar-refractivity contribution < 1.29 is 13.9 Å². The Kier molecular flexibility index (Phi) is 5.93. The van der Waals surface area contributed by atoms with Gasteiger partial charge in [0.05, 0.1) is 16.2 Å². The molecule has 0 saturated heterocycles. The van der Waals surface area contributed by atoms with E-state index in [9.17, 15) is 9.36 Å². The lowest BCUT2D eigenvalue weighted by atomic mass is 10.0. The molecule has 0 N–H and O–H groups in total. The maximum absolute atomic E-state index is 13.8. The molecular weight excluding hydrogens is 355 g/mol. The van der Waals surface area contributed by atoms with E-state index >= 15 is 0 Å². The molecule has 0 saturated carbocycles. The zero-order valence-corrected chi connectivity index (χ0v) is 16.4. The van der Waals surface area contributed by atoms with Gasteiger partial charge >= 0.3 is 13.3 Å². The van der Waals surface area contributed by atoms with Gasteiger partial charge in [-0.25, -0.2) is 4.79 Å². The maximum Gasteiger partial charge on any atom is 0.343 e. The average molecular weight is 378 g/mol. The summed E-state index contributed by atoms with van der Waals surface area (Å²) in [4.78, 5) is 12.7. The van der Waals surface area contributed by atoms with Crippen molar-refractivity contribution in [1.29, 1.82) is 0 Å². The van der Waals surface area contributed by atoms with E-state index in [-0.39, 0.29) is 0 Å². The number of benzene rings is 3. The molecule has 0 spiro atoms. The normalized spacial score (nSPS) is 11.4. The van der Waals surface area contributed by atoms with Crippen molar-refractivity contribution in [3.05, 3.63) is 96.1 Å². The molecule has 3 rings (SSSR count). The third-order valence-electron chi connectivity index (χ3n) is 4.24. The van der Waals surface area contributed by atoms with Gasteiger partial charge in [-0.1, -0.05) is 62.4 Å². The topological polar surface area (TPSA) is 43.4 Å². The van der Waals surface area contributed by atoms with E-state index in [2.05, 4.69) is 13.8 Å². The lowest BCUT2D eigenvalue weighted by molar-refractivity contribution is 0.0747. The van der Waals surface area contributed by atoms with E-state index in [1.165, 1.54) is 0 Å². The second kappa shape index (κ2) is 8.37. The Morgan fingerprint density at radius 2 is 1.30 bits per heavy atom. The summed E-state index contributed by atoms with van der Waals surface area (Å²) in [6.45, 7) is 4.30. The highest BCUT2D eigenvalue weighted by atomic mass is 31.2. The van der Waals surface area contributed by atoms with Gasteiger partial charge in [0.2, 0.25) is 0 Å². The molecule has 3 nitrogen and oxygen atoms in total. The maximum atomic E-state index is 13.8. The molecule has 0 unspecified atom stereocenters. The van der Waals surface area contributed by atoms with Crippen molar-refractivity contribution in [2.24, 2.45) is 5.92 Å². The summed E-state index contributed by atoms with van der Waals surface area (Å²) < 4.78 is 19.4. The van der Waals surface area contributed by atoms with Crippen LogP contribution in [0, 0.1) is 5.92 Å². The summed E-state index contributed by atoms with van der Waals surface area (Å²) in [6, 6.07) is 25.1. The van der Waals surface area contributed by atoms with Crippen LogP contribution in [0.1, 0.15) is 29.8 Å². The first kappa shape index (κ1) is 19.1. The van der Waals surface area contributed by atoms with Gasteiger partial charge in [0.25, 0.3) is 0 Å². The van der Waals surface area contributed by atoms with E-state index < -0.39 is 13.3 Å². The summed E-state index contributed by atoms with van der Waals surface area (Å²) in [5, 5.41) is 1.00. The van der Waals surface area contributed by atoms with Crippen LogP contribution in [0.5, 0.6) is 0 Å². The second-order valence-corrected chi connectivity index (χ2v) is 9.21. The summed E-state index contributed by atoms with van der Waals surface area (Å²) in [5.41, 5.74) is 1.56. The summed E-state index contributed by atoms with van der Waals surface area (Å²) in [7, 11) is -3.53. The standard InChI is InChI=1S/C23H23O3P/c1-18(2)17-19-13-15-20(16-14-19)23(24)26-27(25,21-9-5-3-6-10-21)22-11-7-4-8-12-22/h3-16,18H,17H2,1-2H3. The molecule has 3 aromatic rings. The van der Waals surface area contributed by atoms with Crippen LogP contribution < -0.4 is 10.6 Å². The molecule has 138 valence electrons. The Labute approximate surface area is 160 Å². The van der Waals surface area contributed by atoms with Gasteiger partial charge in [-0.15, -0.1) is 0 Å². The summed E-state index contributed by atoms with van der Waals surface area (Å²) >= 11 is 0. The SMILES string of the molecule is CC(C)Cc1ccc(C(=O)OP(=O)(c2ccccc2)c2ccccc2)cc1. The Bertz CT molecular complexity index is 889. The first-order valence-corrected chi connectivity index (χ1v) is 10.7. The van der Waals surface area contributed by atoms with Crippen molar-refractivity contribution in [2.45, 2.75) is 20.3 Å². The average Bonchev–Trinajstić information content (AvgIpc) is 2.69. The minimum Gasteiger partial charge on any atom is -0.401 e. The molecule has 0 aliphatic heterocycles. The zero-order valence-electron chi connectivity index (χ0n) is 15.5. The van der Waals surface area contributed by atoms with E-state index in [1.54, 1.807) is 60.7 Å². The molecule has 0 amide bonds. The van der Waals surface area contributed by atoms with Crippen LogP contribution in [0.3, 0.4) is 0 Å². The number of hydrogen-bond acceptors (Lipinski definition) is 3. The highest BCUT2D eigenvalue weighted by molar-refractivity contribution is 7.74. The number of carbonyl (C=O) groups excluding carboxylic acids is 1. The van der Waals surface area contributed by atoms with Gasteiger partial charge in [0, 0.05) is 0 Å². The van der Waals surface area contributed by atoms with E-state index in [0.717, 1.165) is 12.0 Å². The van der Waals surface area contributed by atoms with E-state index in [4.69, 9.17) is 4.52 Å². The van der Waals surface area contributed by atoms with Crippen LogP contribution in [0.25, 0.3) is 0 Å². The van der Waals surface area contributed by atoms with Crippen molar-refractivity contribution in [3.8, 4) is 0 Å². The third-order valence-corrected chi connectivity index (χ3v) is 6.62. The van der Waals surface area contributed by atoms with Gasteiger partial charge in [0.15, 0.2) is 0 Å². The summed E-state index contributed by atoms with van der Waals surface area (Å²) in [6.07, 6.45) is 0.946. The second-order valence-electron chi connectivity index (χ2n) is 6.90. The van der Waals surface area contributed by atoms with Crippen LogP contribution in [0.4, 0.5) is 0 Å². The molecule has 0 fully saturated rings.